The van der Waals surface area contributed by atoms with Crippen LogP contribution in [0, 0.1) is 0 Å². The molecular weight excluding hydrogens is 232 g/mol. The van der Waals surface area contributed by atoms with Gasteiger partial charge in [-0.15, -0.1) is 5.10 Å². The topological polar surface area (TPSA) is 85.2 Å². The number of rotatable bonds is 3. The number of hydrogen-bond donors (Lipinski definition) is 0. The quantitative estimate of drug-likeness (QED) is 0.656. The van der Waals surface area contributed by atoms with Crippen molar-refractivity contribution in [3.05, 3.63) is 11.9 Å². The van der Waals surface area contributed by atoms with Gasteiger partial charge in [0, 0.05) is 13.1 Å². The fraction of sp³-hybridized carbons (Fsp3) is 0.625. The first-order valence-corrected chi connectivity index (χ1v) is 6.67. The Morgan fingerprint density at radius 3 is 2.81 bits per heavy atom. The highest BCUT2D eigenvalue weighted by molar-refractivity contribution is 7.88. The van der Waals surface area contributed by atoms with E-state index in [1.807, 2.05) is 0 Å². The van der Waals surface area contributed by atoms with Gasteiger partial charge >= 0.3 is 0 Å². The largest absolute Gasteiger partial charge is 0.296 e. The van der Waals surface area contributed by atoms with Crippen molar-refractivity contribution in [1.29, 1.82) is 0 Å². The van der Waals surface area contributed by atoms with Crippen LogP contribution in [0.1, 0.15) is 23.0 Å². The molecule has 1 aromatic heterocycles. The molecule has 1 saturated heterocycles. The van der Waals surface area contributed by atoms with Gasteiger partial charge in [0.25, 0.3) is 0 Å². The molecule has 0 aromatic carbocycles. The summed E-state index contributed by atoms with van der Waals surface area (Å²) in [5.74, 6) is 0. The first-order valence-electron chi connectivity index (χ1n) is 4.83. The van der Waals surface area contributed by atoms with Gasteiger partial charge in [0.1, 0.15) is 5.69 Å². The van der Waals surface area contributed by atoms with E-state index in [1.165, 1.54) is 16.8 Å². The summed E-state index contributed by atoms with van der Waals surface area (Å²) in [6.07, 6.45) is 4.03. The van der Waals surface area contributed by atoms with Gasteiger partial charge < -0.3 is 0 Å². The molecule has 0 radical (unpaired) electrons. The molecule has 8 heteroatoms. The van der Waals surface area contributed by atoms with Gasteiger partial charge in [-0.1, -0.05) is 5.21 Å². The second-order valence-electron chi connectivity index (χ2n) is 3.80. The molecule has 2 heterocycles. The van der Waals surface area contributed by atoms with Crippen LogP contribution in [0.15, 0.2) is 6.20 Å². The summed E-state index contributed by atoms with van der Waals surface area (Å²) in [5, 5.41) is 7.44. The van der Waals surface area contributed by atoms with Gasteiger partial charge in [0.05, 0.1) is 18.5 Å². The van der Waals surface area contributed by atoms with Crippen molar-refractivity contribution in [2.45, 2.75) is 12.5 Å². The minimum absolute atomic E-state index is 0.0316. The SMILES string of the molecule is CS(=O)(=O)N1CCC(n2cc(C=O)nn2)C1. The van der Waals surface area contributed by atoms with Crippen molar-refractivity contribution in [2.24, 2.45) is 0 Å². The summed E-state index contributed by atoms with van der Waals surface area (Å²) in [4.78, 5) is 10.4. The second kappa shape index (κ2) is 3.95. The molecule has 0 spiro atoms. The van der Waals surface area contributed by atoms with Crippen LogP contribution in [0.2, 0.25) is 0 Å². The summed E-state index contributed by atoms with van der Waals surface area (Å²) < 4.78 is 25.5. The van der Waals surface area contributed by atoms with Crippen molar-refractivity contribution in [3.8, 4) is 0 Å². The van der Waals surface area contributed by atoms with E-state index in [4.69, 9.17) is 0 Å². The van der Waals surface area contributed by atoms with Gasteiger partial charge in [-0.3, -0.25) is 4.79 Å². The van der Waals surface area contributed by atoms with Crippen LogP contribution in [0.4, 0.5) is 0 Å². The van der Waals surface area contributed by atoms with Gasteiger partial charge in [-0.05, 0) is 6.42 Å². The van der Waals surface area contributed by atoms with Crippen molar-refractivity contribution < 1.29 is 13.2 Å². The lowest BCUT2D eigenvalue weighted by Gasteiger charge is -2.12. The summed E-state index contributed by atoms with van der Waals surface area (Å²) in [6, 6.07) is -0.0316. The Balaban J connectivity index is 2.12. The van der Waals surface area contributed by atoms with E-state index in [2.05, 4.69) is 10.3 Å². The smallest absolute Gasteiger partial charge is 0.211 e. The standard InChI is InChI=1S/C8H12N4O3S/c1-16(14,15)11-3-2-8(5-11)12-4-7(6-13)9-10-12/h4,6,8H,2-3,5H2,1H3. The van der Waals surface area contributed by atoms with E-state index in [9.17, 15) is 13.2 Å². The lowest BCUT2D eigenvalue weighted by molar-refractivity contribution is 0.111. The van der Waals surface area contributed by atoms with Crippen LogP contribution in [0.3, 0.4) is 0 Å². The number of carbonyl (C=O) groups is 1. The average Bonchev–Trinajstić information content (AvgIpc) is 2.85. The number of hydrogen-bond acceptors (Lipinski definition) is 5. The maximum atomic E-state index is 11.3. The highest BCUT2D eigenvalue weighted by atomic mass is 32.2. The Bertz CT molecular complexity index is 495. The van der Waals surface area contributed by atoms with Gasteiger partial charge in [0.2, 0.25) is 10.0 Å². The zero-order chi connectivity index (χ0) is 11.8. The third-order valence-corrected chi connectivity index (χ3v) is 3.89. The predicted octanol–water partition coefficient (Wildman–Crippen LogP) is -0.703. The van der Waals surface area contributed by atoms with Crippen LogP contribution >= 0.6 is 0 Å². The Morgan fingerprint density at radius 1 is 1.56 bits per heavy atom. The van der Waals surface area contributed by atoms with Crippen LogP contribution < -0.4 is 0 Å². The molecule has 16 heavy (non-hydrogen) atoms. The molecule has 0 amide bonds. The number of carbonyl (C=O) groups excluding carboxylic acids is 1. The zero-order valence-electron chi connectivity index (χ0n) is 8.78. The van der Waals surface area contributed by atoms with E-state index in [-0.39, 0.29) is 11.7 Å². The van der Waals surface area contributed by atoms with Crippen LogP contribution in [0.5, 0.6) is 0 Å². The molecule has 1 aliphatic rings. The first kappa shape index (κ1) is 11.2. The lowest BCUT2D eigenvalue weighted by atomic mass is 10.3. The van der Waals surface area contributed by atoms with Crippen LogP contribution in [-0.2, 0) is 10.0 Å². The second-order valence-corrected chi connectivity index (χ2v) is 5.79. The molecule has 0 saturated carbocycles. The lowest BCUT2D eigenvalue weighted by Crippen LogP contribution is -2.28. The molecule has 0 bridgehead atoms. The minimum Gasteiger partial charge on any atom is -0.296 e. The van der Waals surface area contributed by atoms with Crippen molar-refractivity contribution in [1.82, 2.24) is 19.3 Å². The molecular formula is C8H12N4O3S. The Morgan fingerprint density at radius 2 is 2.31 bits per heavy atom. The first-order chi connectivity index (χ1) is 7.50. The summed E-state index contributed by atoms with van der Waals surface area (Å²) in [7, 11) is -3.14. The third-order valence-electron chi connectivity index (χ3n) is 2.62. The molecule has 1 unspecified atom stereocenters. The Kier molecular flexibility index (Phi) is 2.76. The number of nitrogens with zero attached hydrogens (tertiary/aromatic N) is 4. The Hall–Kier alpha value is -1.28. The van der Waals surface area contributed by atoms with Gasteiger partial charge in [-0.25, -0.2) is 13.1 Å². The summed E-state index contributed by atoms with van der Waals surface area (Å²) in [5.41, 5.74) is 0.262. The third kappa shape index (κ3) is 2.12. The zero-order valence-corrected chi connectivity index (χ0v) is 9.59. The van der Waals surface area contributed by atoms with Gasteiger partial charge in [0.15, 0.2) is 6.29 Å². The predicted molar refractivity (Wildman–Crippen MR) is 55.5 cm³/mol. The van der Waals surface area contributed by atoms with E-state index in [0.717, 1.165) is 0 Å². The molecule has 1 atom stereocenters. The van der Waals surface area contributed by atoms with E-state index in [1.54, 1.807) is 4.68 Å². The highest BCUT2D eigenvalue weighted by Crippen LogP contribution is 2.22. The molecule has 0 N–H and O–H groups in total. The molecule has 0 aliphatic carbocycles. The average molecular weight is 244 g/mol. The summed E-state index contributed by atoms with van der Waals surface area (Å²) >= 11 is 0. The number of sulfonamides is 1. The van der Waals surface area contributed by atoms with Crippen LogP contribution in [-0.4, -0.2) is 53.3 Å². The molecule has 2 rings (SSSR count). The normalized spacial score (nSPS) is 22.4. The minimum atomic E-state index is -3.14. The molecule has 88 valence electrons. The fourth-order valence-electron chi connectivity index (χ4n) is 1.75. The van der Waals surface area contributed by atoms with Crippen molar-refractivity contribution in [3.63, 3.8) is 0 Å². The Labute approximate surface area is 93.1 Å². The molecule has 7 nitrogen and oxygen atoms in total. The maximum Gasteiger partial charge on any atom is 0.211 e. The van der Waals surface area contributed by atoms with E-state index in [0.29, 0.717) is 25.8 Å². The molecule has 1 fully saturated rings. The highest BCUT2D eigenvalue weighted by Gasteiger charge is 2.30. The number of aromatic nitrogens is 3. The van der Waals surface area contributed by atoms with Crippen molar-refractivity contribution >= 4 is 16.3 Å². The van der Waals surface area contributed by atoms with E-state index < -0.39 is 10.0 Å². The maximum absolute atomic E-state index is 11.3. The van der Waals surface area contributed by atoms with Crippen molar-refractivity contribution in [2.75, 3.05) is 19.3 Å². The van der Waals surface area contributed by atoms with E-state index >= 15 is 0 Å². The summed E-state index contributed by atoms with van der Waals surface area (Å²) in [6.45, 7) is 0.875. The van der Waals surface area contributed by atoms with Crippen LogP contribution in [0.25, 0.3) is 0 Å². The van der Waals surface area contributed by atoms with Gasteiger partial charge in [-0.2, -0.15) is 4.31 Å². The number of aldehydes is 1. The fourth-order valence-corrected chi connectivity index (χ4v) is 2.63. The molecule has 1 aromatic rings. The monoisotopic (exact) mass is 244 g/mol. The molecule has 1 aliphatic heterocycles.